The van der Waals surface area contributed by atoms with Gasteiger partial charge in [0.2, 0.25) is 5.91 Å². The summed E-state index contributed by atoms with van der Waals surface area (Å²) >= 11 is 0. The minimum atomic E-state index is -0.0222. The van der Waals surface area contributed by atoms with Gasteiger partial charge in [-0.05, 0) is 44.6 Å². The molecule has 0 aromatic carbocycles. The fourth-order valence-corrected chi connectivity index (χ4v) is 3.22. The number of piperidine rings is 1. The lowest BCUT2D eigenvalue weighted by atomic mass is 9.64. The maximum Gasteiger partial charge on any atom is 0.226 e. The van der Waals surface area contributed by atoms with Gasteiger partial charge >= 0.3 is 0 Å². The van der Waals surface area contributed by atoms with Crippen molar-refractivity contribution in [1.82, 2.24) is 10.6 Å². The smallest absolute Gasteiger partial charge is 0.226 e. The van der Waals surface area contributed by atoms with Crippen LogP contribution >= 0.6 is 0 Å². The first-order valence-electron chi connectivity index (χ1n) is 7.14. The molecule has 1 aliphatic carbocycles. The normalized spacial score (nSPS) is 27.6. The molecule has 1 atom stereocenters. The molecule has 98 valence electrons. The summed E-state index contributed by atoms with van der Waals surface area (Å²) in [5.41, 5.74) is -0.0222. The van der Waals surface area contributed by atoms with Crippen molar-refractivity contribution in [2.24, 2.45) is 11.3 Å². The van der Waals surface area contributed by atoms with E-state index in [0.29, 0.717) is 17.9 Å². The Labute approximate surface area is 105 Å². The van der Waals surface area contributed by atoms with Gasteiger partial charge in [-0.15, -0.1) is 0 Å². The number of hydrogen-bond acceptors (Lipinski definition) is 2. The summed E-state index contributed by atoms with van der Waals surface area (Å²) in [7, 11) is 0. The predicted octanol–water partition coefficient (Wildman–Crippen LogP) is 2.07. The van der Waals surface area contributed by atoms with Gasteiger partial charge in [-0.3, -0.25) is 4.79 Å². The number of hydrogen-bond donors (Lipinski definition) is 2. The molecule has 0 unspecified atom stereocenters. The number of nitrogens with one attached hydrogen (secondary N) is 2. The van der Waals surface area contributed by atoms with Crippen molar-refractivity contribution in [1.29, 1.82) is 0 Å². The second-order valence-corrected chi connectivity index (χ2v) is 6.25. The van der Waals surface area contributed by atoms with Crippen LogP contribution in [0.15, 0.2) is 0 Å². The molecule has 2 N–H and O–H groups in total. The second-order valence-electron chi connectivity index (χ2n) is 6.25. The maximum absolute atomic E-state index is 12.4. The first-order valence-corrected chi connectivity index (χ1v) is 7.14. The van der Waals surface area contributed by atoms with Crippen molar-refractivity contribution in [2.75, 3.05) is 13.1 Å². The summed E-state index contributed by atoms with van der Waals surface area (Å²) in [5.74, 6) is 0.941. The number of rotatable bonds is 4. The summed E-state index contributed by atoms with van der Waals surface area (Å²) in [6.45, 7) is 6.48. The Morgan fingerprint density at radius 2 is 2.18 bits per heavy atom. The van der Waals surface area contributed by atoms with Gasteiger partial charge in [0, 0.05) is 18.0 Å². The average Bonchev–Trinajstić information content (AvgIpc) is 2.24. The lowest BCUT2D eigenvalue weighted by Crippen LogP contribution is -2.53. The molecule has 0 aromatic rings. The van der Waals surface area contributed by atoms with Crippen molar-refractivity contribution in [3.05, 3.63) is 0 Å². The van der Waals surface area contributed by atoms with Gasteiger partial charge in [0.15, 0.2) is 0 Å². The van der Waals surface area contributed by atoms with E-state index in [1.807, 2.05) is 0 Å². The molecule has 0 aromatic heterocycles. The molecule has 2 fully saturated rings. The monoisotopic (exact) mass is 238 g/mol. The third kappa shape index (κ3) is 3.01. The van der Waals surface area contributed by atoms with Crippen LogP contribution in [0.25, 0.3) is 0 Å². The van der Waals surface area contributed by atoms with Gasteiger partial charge in [0.05, 0.1) is 0 Å². The van der Waals surface area contributed by atoms with Crippen molar-refractivity contribution < 1.29 is 4.79 Å². The highest BCUT2D eigenvalue weighted by Gasteiger charge is 2.44. The van der Waals surface area contributed by atoms with E-state index in [4.69, 9.17) is 0 Å². The van der Waals surface area contributed by atoms with Crippen molar-refractivity contribution in [3.63, 3.8) is 0 Å². The second kappa shape index (κ2) is 5.38. The van der Waals surface area contributed by atoms with Gasteiger partial charge < -0.3 is 10.6 Å². The van der Waals surface area contributed by atoms with E-state index in [1.165, 1.54) is 12.8 Å². The van der Waals surface area contributed by atoms with Crippen LogP contribution in [0.5, 0.6) is 0 Å². The van der Waals surface area contributed by atoms with Gasteiger partial charge in [-0.2, -0.15) is 0 Å². The zero-order chi connectivity index (χ0) is 12.3. The number of carbonyl (C=O) groups is 1. The molecule has 3 nitrogen and oxygen atoms in total. The molecule has 2 aliphatic rings. The van der Waals surface area contributed by atoms with Crippen LogP contribution in [0.4, 0.5) is 0 Å². The molecule has 1 aliphatic heterocycles. The minimum Gasteiger partial charge on any atom is -0.352 e. The Bertz CT molecular complexity index is 265. The first-order chi connectivity index (χ1) is 8.12. The Morgan fingerprint density at radius 3 is 2.65 bits per heavy atom. The van der Waals surface area contributed by atoms with Crippen molar-refractivity contribution >= 4 is 5.91 Å². The number of carbonyl (C=O) groups excluding carboxylic acids is 1. The molecule has 17 heavy (non-hydrogen) atoms. The summed E-state index contributed by atoms with van der Waals surface area (Å²) < 4.78 is 0. The van der Waals surface area contributed by atoms with E-state index >= 15 is 0 Å². The zero-order valence-corrected chi connectivity index (χ0v) is 11.2. The predicted molar refractivity (Wildman–Crippen MR) is 69.8 cm³/mol. The van der Waals surface area contributed by atoms with Crippen LogP contribution in [0.2, 0.25) is 0 Å². The third-order valence-corrected chi connectivity index (χ3v) is 4.22. The van der Waals surface area contributed by atoms with E-state index in [2.05, 4.69) is 24.5 Å². The molecule has 0 spiro atoms. The highest BCUT2D eigenvalue weighted by atomic mass is 16.2. The standard InChI is InChI=1S/C14H26N2O/c1-11(2)9-14(6-4-7-14)13(17)16-12-5-3-8-15-10-12/h11-12,15H,3-10H2,1-2H3,(H,16,17)/t12-/m0/s1. The summed E-state index contributed by atoms with van der Waals surface area (Å²) in [6, 6.07) is 0.362. The zero-order valence-electron chi connectivity index (χ0n) is 11.2. The summed E-state index contributed by atoms with van der Waals surface area (Å²) in [6.07, 6.45) is 6.79. The number of amides is 1. The molecule has 1 amide bonds. The Balaban J connectivity index is 1.88. The average molecular weight is 238 g/mol. The fourth-order valence-electron chi connectivity index (χ4n) is 3.22. The van der Waals surface area contributed by atoms with Gasteiger partial charge in [0.25, 0.3) is 0 Å². The molecule has 3 heteroatoms. The minimum absolute atomic E-state index is 0.0222. The fraction of sp³-hybridized carbons (Fsp3) is 0.929. The Hall–Kier alpha value is -0.570. The molecular formula is C14H26N2O. The molecule has 2 rings (SSSR count). The molecule has 1 saturated heterocycles. The summed E-state index contributed by atoms with van der Waals surface area (Å²) in [5, 5.41) is 6.62. The molecule has 1 saturated carbocycles. The van der Waals surface area contributed by atoms with Crippen LogP contribution in [0, 0.1) is 11.3 Å². The van der Waals surface area contributed by atoms with Gasteiger partial charge in [-0.1, -0.05) is 20.3 Å². The maximum atomic E-state index is 12.4. The van der Waals surface area contributed by atoms with E-state index in [0.717, 1.165) is 38.8 Å². The Kier molecular flexibility index (Phi) is 4.08. The van der Waals surface area contributed by atoms with Crippen LogP contribution in [0.1, 0.15) is 52.4 Å². The Morgan fingerprint density at radius 1 is 1.41 bits per heavy atom. The van der Waals surface area contributed by atoms with Crippen LogP contribution in [-0.2, 0) is 4.79 Å². The van der Waals surface area contributed by atoms with Crippen LogP contribution in [-0.4, -0.2) is 25.0 Å². The van der Waals surface area contributed by atoms with Crippen molar-refractivity contribution in [3.8, 4) is 0 Å². The summed E-state index contributed by atoms with van der Waals surface area (Å²) in [4.78, 5) is 12.4. The lowest BCUT2D eigenvalue weighted by molar-refractivity contribution is -0.138. The molecule has 0 radical (unpaired) electrons. The largest absolute Gasteiger partial charge is 0.352 e. The molecular weight excluding hydrogens is 212 g/mol. The van der Waals surface area contributed by atoms with Crippen molar-refractivity contribution in [2.45, 2.75) is 58.4 Å². The van der Waals surface area contributed by atoms with E-state index < -0.39 is 0 Å². The van der Waals surface area contributed by atoms with Crippen LogP contribution in [0.3, 0.4) is 0 Å². The van der Waals surface area contributed by atoms with Crippen LogP contribution < -0.4 is 10.6 Å². The van der Waals surface area contributed by atoms with E-state index in [9.17, 15) is 4.79 Å². The third-order valence-electron chi connectivity index (χ3n) is 4.22. The first kappa shape index (κ1) is 12.9. The highest BCUT2D eigenvalue weighted by Crippen LogP contribution is 2.46. The SMILES string of the molecule is CC(C)CC1(C(=O)N[C@H]2CCCNC2)CCC1. The quantitative estimate of drug-likeness (QED) is 0.787. The van der Waals surface area contributed by atoms with Gasteiger partial charge in [-0.25, -0.2) is 0 Å². The molecule has 1 heterocycles. The van der Waals surface area contributed by atoms with E-state index in [1.54, 1.807) is 0 Å². The molecule has 0 bridgehead atoms. The van der Waals surface area contributed by atoms with Gasteiger partial charge in [0.1, 0.15) is 0 Å². The topological polar surface area (TPSA) is 41.1 Å². The highest BCUT2D eigenvalue weighted by molar-refractivity contribution is 5.83. The lowest BCUT2D eigenvalue weighted by Gasteiger charge is -2.42. The van der Waals surface area contributed by atoms with E-state index in [-0.39, 0.29) is 5.41 Å².